The first-order valence-electron chi connectivity index (χ1n) is 5.23. The number of alkyl halides is 1. The number of allylic oxidation sites excluding steroid dienone is 10. The normalized spacial score (nSPS) is 13.7. The molecule has 0 atom stereocenters. The summed E-state index contributed by atoms with van der Waals surface area (Å²) in [4.78, 5) is 0. The van der Waals surface area contributed by atoms with E-state index in [4.69, 9.17) is 0 Å². The summed E-state index contributed by atoms with van der Waals surface area (Å²) in [6, 6.07) is 0. The molecule has 0 amide bonds. The van der Waals surface area contributed by atoms with Gasteiger partial charge in [0.2, 0.25) is 0 Å². The van der Waals surface area contributed by atoms with Crippen molar-refractivity contribution in [2.24, 2.45) is 0 Å². The lowest BCUT2D eigenvalue weighted by Gasteiger charge is -2.01. The van der Waals surface area contributed by atoms with E-state index in [1.807, 2.05) is 38.2 Å². The second-order valence-corrected chi connectivity index (χ2v) is 3.76. The van der Waals surface area contributed by atoms with E-state index >= 15 is 0 Å². The molecule has 1 heteroatoms. The third-order valence-corrected chi connectivity index (χ3v) is 2.76. The summed E-state index contributed by atoms with van der Waals surface area (Å²) in [5, 5.41) is 0.862. The number of rotatable bonds is 6. The highest BCUT2D eigenvalue weighted by molar-refractivity contribution is 9.09. The summed E-state index contributed by atoms with van der Waals surface area (Å²) in [6.07, 6.45) is 13.9. The Morgan fingerprint density at radius 3 is 2.25 bits per heavy atom. The molecule has 0 aromatic rings. The molecule has 0 spiro atoms. The Kier molecular flexibility index (Phi) is 8.55. The smallest absolute Gasteiger partial charge is 0.0279 e. The van der Waals surface area contributed by atoms with Crippen molar-refractivity contribution in [3.8, 4) is 0 Å². The van der Waals surface area contributed by atoms with Crippen LogP contribution >= 0.6 is 15.9 Å². The van der Waals surface area contributed by atoms with Crippen LogP contribution in [0, 0.1) is 0 Å². The first kappa shape index (κ1) is 14.9. The quantitative estimate of drug-likeness (QED) is 0.467. The van der Waals surface area contributed by atoms with E-state index in [2.05, 4.69) is 41.2 Å². The van der Waals surface area contributed by atoms with Gasteiger partial charge in [0, 0.05) is 5.33 Å². The first-order chi connectivity index (χ1) is 7.69. The number of halogens is 1. The second kappa shape index (κ2) is 9.17. The van der Waals surface area contributed by atoms with Gasteiger partial charge in [0.05, 0.1) is 0 Å². The lowest BCUT2D eigenvalue weighted by molar-refractivity contribution is 1.47. The molecule has 0 fully saturated rings. The Morgan fingerprint density at radius 2 is 1.81 bits per heavy atom. The van der Waals surface area contributed by atoms with Gasteiger partial charge in [-0.15, -0.1) is 0 Å². The van der Waals surface area contributed by atoms with E-state index in [0.29, 0.717) is 0 Å². The van der Waals surface area contributed by atoms with Crippen molar-refractivity contribution in [2.75, 3.05) is 5.33 Å². The fourth-order valence-corrected chi connectivity index (χ4v) is 1.59. The van der Waals surface area contributed by atoms with E-state index < -0.39 is 0 Å². The maximum absolute atomic E-state index is 4.04. The molecule has 0 radical (unpaired) electrons. The number of hydrogen-bond donors (Lipinski definition) is 0. The molecule has 0 saturated heterocycles. The van der Waals surface area contributed by atoms with Gasteiger partial charge >= 0.3 is 0 Å². The average Bonchev–Trinajstić information content (AvgIpc) is 2.31. The highest BCUT2D eigenvalue weighted by atomic mass is 79.9. The molecule has 16 heavy (non-hydrogen) atoms. The summed E-state index contributed by atoms with van der Waals surface area (Å²) < 4.78 is 0. The minimum atomic E-state index is 0.862. The van der Waals surface area contributed by atoms with Crippen LogP contribution in [0.1, 0.15) is 13.8 Å². The molecule has 0 aliphatic rings. The highest BCUT2D eigenvalue weighted by Crippen LogP contribution is 2.13. The SMILES string of the molecule is C=C/C=C\C(=C/C)C(=C)/C=C\C(=C/C)CBr. The van der Waals surface area contributed by atoms with Crippen molar-refractivity contribution in [1.29, 1.82) is 0 Å². The van der Waals surface area contributed by atoms with Crippen LogP contribution in [0.2, 0.25) is 0 Å². The molecule has 0 unspecified atom stereocenters. The molecule has 0 heterocycles. The fourth-order valence-electron chi connectivity index (χ4n) is 1.08. The van der Waals surface area contributed by atoms with Crippen LogP contribution in [0.15, 0.2) is 72.4 Å². The molecule has 0 aromatic carbocycles. The molecular formula is C15H19Br. The van der Waals surface area contributed by atoms with E-state index in [0.717, 1.165) is 16.5 Å². The van der Waals surface area contributed by atoms with Gasteiger partial charge in [0.1, 0.15) is 0 Å². The highest BCUT2D eigenvalue weighted by Gasteiger charge is 1.93. The molecule has 0 aliphatic carbocycles. The van der Waals surface area contributed by atoms with Crippen LogP contribution < -0.4 is 0 Å². The van der Waals surface area contributed by atoms with Gasteiger partial charge in [-0.2, -0.15) is 0 Å². The Bertz CT molecular complexity index is 352. The average molecular weight is 279 g/mol. The maximum atomic E-state index is 4.04. The van der Waals surface area contributed by atoms with Gasteiger partial charge in [-0.25, -0.2) is 0 Å². The molecule has 0 nitrogen and oxygen atoms in total. The van der Waals surface area contributed by atoms with Gasteiger partial charge in [0.15, 0.2) is 0 Å². The summed E-state index contributed by atoms with van der Waals surface area (Å²) in [5.74, 6) is 0. The summed E-state index contributed by atoms with van der Waals surface area (Å²) in [5.41, 5.74) is 3.35. The molecule has 86 valence electrons. The van der Waals surface area contributed by atoms with Gasteiger partial charge in [-0.1, -0.05) is 71.6 Å². The van der Waals surface area contributed by atoms with Crippen LogP contribution in [0.25, 0.3) is 0 Å². The van der Waals surface area contributed by atoms with E-state index in [9.17, 15) is 0 Å². The zero-order valence-electron chi connectivity index (χ0n) is 10.0. The van der Waals surface area contributed by atoms with Crippen LogP contribution in [0.5, 0.6) is 0 Å². The zero-order valence-corrected chi connectivity index (χ0v) is 11.6. The van der Waals surface area contributed by atoms with E-state index in [1.165, 1.54) is 5.57 Å². The van der Waals surface area contributed by atoms with Crippen molar-refractivity contribution in [3.05, 3.63) is 72.4 Å². The van der Waals surface area contributed by atoms with Crippen molar-refractivity contribution in [2.45, 2.75) is 13.8 Å². The van der Waals surface area contributed by atoms with E-state index in [-0.39, 0.29) is 0 Å². The first-order valence-corrected chi connectivity index (χ1v) is 6.35. The molecule has 0 bridgehead atoms. The van der Waals surface area contributed by atoms with Gasteiger partial charge in [-0.05, 0) is 30.6 Å². The Morgan fingerprint density at radius 1 is 1.12 bits per heavy atom. The minimum Gasteiger partial charge on any atom is -0.0991 e. The van der Waals surface area contributed by atoms with Gasteiger partial charge < -0.3 is 0 Å². The predicted molar refractivity (Wildman–Crippen MR) is 78.9 cm³/mol. The lowest BCUT2D eigenvalue weighted by Crippen LogP contribution is -1.82. The predicted octanol–water partition coefficient (Wildman–Crippen LogP) is 5.13. The van der Waals surface area contributed by atoms with Crippen LogP contribution in [0.4, 0.5) is 0 Å². The molecule has 0 aliphatic heterocycles. The maximum Gasteiger partial charge on any atom is 0.0279 e. The van der Waals surface area contributed by atoms with Crippen LogP contribution in [0.3, 0.4) is 0 Å². The summed E-state index contributed by atoms with van der Waals surface area (Å²) in [7, 11) is 0. The standard InChI is InChI=1S/C15H19Br/c1-5-8-9-15(7-3)13(4)10-11-14(6-2)12-16/h5-11H,1,4,12H2,2-3H3/b9-8-,11-10-,14-6+,15-7+. The van der Waals surface area contributed by atoms with Gasteiger partial charge in [0.25, 0.3) is 0 Å². The lowest BCUT2D eigenvalue weighted by atomic mass is 10.1. The van der Waals surface area contributed by atoms with Crippen molar-refractivity contribution < 1.29 is 0 Å². The largest absolute Gasteiger partial charge is 0.0991 e. The van der Waals surface area contributed by atoms with E-state index in [1.54, 1.807) is 6.08 Å². The molecule has 0 saturated carbocycles. The molecule has 0 rings (SSSR count). The Labute approximate surface area is 108 Å². The topological polar surface area (TPSA) is 0 Å². The van der Waals surface area contributed by atoms with Crippen molar-refractivity contribution in [3.63, 3.8) is 0 Å². The molecule has 0 N–H and O–H groups in total. The van der Waals surface area contributed by atoms with Crippen molar-refractivity contribution in [1.82, 2.24) is 0 Å². The Balaban J connectivity index is 4.68. The summed E-state index contributed by atoms with van der Waals surface area (Å²) >= 11 is 3.43. The fraction of sp³-hybridized carbons (Fsp3) is 0.200. The zero-order chi connectivity index (χ0) is 12.4. The Hall–Kier alpha value is -1.08. The van der Waals surface area contributed by atoms with Crippen LogP contribution in [-0.2, 0) is 0 Å². The molecule has 0 aromatic heterocycles. The second-order valence-electron chi connectivity index (χ2n) is 3.19. The monoisotopic (exact) mass is 278 g/mol. The van der Waals surface area contributed by atoms with Gasteiger partial charge in [-0.3, -0.25) is 0 Å². The van der Waals surface area contributed by atoms with Crippen molar-refractivity contribution >= 4 is 15.9 Å². The summed E-state index contributed by atoms with van der Waals surface area (Å²) in [6.45, 7) is 11.7. The molecular weight excluding hydrogens is 260 g/mol. The third-order valence-electron chi connectivity index (χ3n) is 2.12. The van der Waals surface area contributed by atoms with Crippen LogP contribution in [-0.4, -0.2) is 5.33 Å². The number of hydrogen-bond acceptors (Lipinski definition) is 0. The minimum absolute atomic E-state index is 0.862. The third kappa shape index (κ3) is 5.72.